The normalized spacial score (nSPS) is 20.2. The monoisotopic (exact) mass is 540 g/mol. The molecule has 37 heavy (non-hydrogen) atoms. The highest BCUT2D eigenvalue weighted by atomic mass is 35.5. The number of hydrogen-bond donors (Lipinski definition) is 2. The van der Waals surface area contributed by atoms with Crippen molar-refractivity contribution in [3.8, 4) is 0 Å². The van der Waals surface area contributed by atoms with Gasteiger partial charge in [0.25, 0.3) is 11.8 Å². The maximum absolute atomic E-state index is 13.8. The van der Waals surface area contributed by atoms with Gasteiger partial charge < -0.3 is 20.1 Å². The molecule has 3 aromatic rings. The van der Waals surface area contributed by atoms with Crippen molar-refractivity contribution in [3.63, 3.8) is 0 Å². The van der Waals surface area contributed by atoms with Gasteiger partial charge in [-0.05, 0) is 48.6 Å². The van der Waals surface area contributed by atoms with Gasteiger partial charge in [-0.15, -0.1) is 0 Å². The van der Waals surface area contributed by atoms with E-state index in [1.807, 2.05) is 54.8 Å². The molecule has 2 aromatic carbocycles. The molecule has 5 rings (SSSR count). The quantitative estimate of drug-likeness (QED) is 0.480. The summed E-state index contributed by atoms with van der Waals surface area (Å²) in [7, 11) is 0. The molecule has 2 N–H and O–H groups in total. The summed E-state index contributed by atoms with van der Waals surface area (Å²) in [6, 6.07) is 13.4. The molecule has 9 heteroatoms. The van der Waals surface area contributed by atoms with Crippen molar-refractivity contribution in [2.45, 2.75) is 51.7 Å². The Bertz CT molecular complexity index is 1350. The number of benzene rings is 2. The molecule has 194 valence electrons. The third kappa shape index (κ3) is 4.82. The van der Waals surface area contributed by atoms with E-state index in [-0.39, 0.29) is 29.8 Å². The lowest BCUT2D eigenvalue weighted by molar-refractivity contribution is -0.152. The van der Waals surface area contributed by atoms with Crippen LogP contribution in [0, 0.1) is 5.41 Å². The number of nitrogens with zero attached hydrogens (tertiary/aromatic N) is 2. The third-order valence-corrected chi connectivity index (χ3v) is 7.94. The van der Waals surface area contributed by atoms with Crippen LogP contribution >= 0.6 is 23.2 Å². The Labute approximate surface area is 226 Å². The Morgan fingerprint density at radius 3 is 2.49 bits per heavy atom. The fourth-order valence-electron chi connectivity index (χ4n) is 5.36. The number of H-pyrrole nitrogens is 1. The molecule has 2 saturated heterocycles. The van der Waals surface area contributed by atoms with Crippen molar-refractivity contribution < 1.29 is 14.4 Å². The fourth-order valence-corrected chi connectivity index (χ4v) is 5.85. The molecule has 7 nitrogen and oxygen atoms in total. The number of nitrogens with one attached hydrogen (secondary N) is 2. The number of likely N-dealkylation sites (tertiary alicyclic amines) is 2. The number of hydrogen-bond acceptors (Lipinski definition) is 3. The first kappa shape index (κ1) is 25.6. The largest absolute Gasteiger partial charge is 0.351 e. The second kappa shape index (κ2) is 9.69. The molecule has 3 amide bonds. The number of carbonyl (C=O) groups is 3. The zero-order chi connectivity index (χ0) is 26.5. The predicted molar refractivity (Wildman–Crippen MR) is 145 cm³/mol. The van der Waals surface area contributed by atoms with Crippen molar-refractivity contribution in [1.82, 2.24) is 20.1 Å². The van der Waals surface area contributed by atoms with Gasteiger partial charge in [0.15, 0.2) is 0 Å². The molecule has 3 atom stereocenters. The summed E-state index contributed by atoms with van der Waals surface area (Å²) in [5.41, 5.74) is 1.18. The predicted octanol–water partition coefficient (Wildman–Crippen LogP) is 5.13. The van der Waals surface area contributed by atoms with E-state index in [1.165, 1.54) is 0 Å². The van der Waals surface area contributed by atoms with Crippen LogP contribution in [-0.2, 0) is 4.79 Å². The molecule has 2 aliphatic rings. The van der Waals surface area contributed by atoms with Crippen molar-refractivity contribution in [1.29, 1.82) is 0 Å². The Balaban J connectivity index is 1.31. The third-order valence-electron chi connectivity index (χ3n) is 7.40. The molecule has 3 heterocycles. The molecule has 0 spiro atoms. The number of piperidine rings is 1. The Kier molecular flexibility index (Phi) is 6.71. The van der Waals surface area contributed by atoms with Gasteiger partial charge >= 0.3 is 0 Å². The van der Waals surface area contributed by atoms with Gasteiger partial charge in [0.2, 0.25) is 5.91 Å². The summed E-state index contributed by atoms with van der Waals surface area (Å²) in [4.78, 5) is 47.0. The highest BCUT2D eigenvalue weighted by Crippen LogP contribution is 2.36. The fraction of sp³-hybridized carbons (Fsp3) is 0.393. The van der Waals surface area contributed by atoms with Crippen molar-refractivity contribution in [2.24, 2.45) is 5.41 Å². The summed E-state index contributed by atoms with van der Waals surface area (Å²) in [5.74, 6) is -0.598. The molecular weight excluding hydrogens is 511 g/mol. The van der Waals surface area contributed by atoms with Crippen LogP contribution in [0.15, 0.2) is 48.5 Å². The van der Waals surface area contributed by atoms with Crippen LogP contribution in [0.2, 0.25) is 10.0 Å². The molecule has 0 bridgehead atoms. The van der Waals surface area contributed by atoms with Crippen LogP contribution in [0.4, 0.5) is 0 Å². The van der Waals surface area contributed by atoms with E-state index in [1.54, 1.807) is 24.3 Å². The smallest absolute Gasteiger partial charge is 0.268 e. The van der Waals surface area contributed by atoms with Gasteiger partial charge in [0.05, 0.1) is 22.7 Å². The highest BCUT2D eigenvalue weighted by Gasteiger charge is 2.51. The topological polar surface area (TPSA) is 85.5 Å². The Morgan fingerprint density at radius 1 is 1.03 bits per heavy atom. The summed E-state index contributed by atoms with van der Waals surface area (Å²) in [5, 5.41) is 4.71. The zero-order valence-corrected chi connectivity index (χ0v) is 22.6. The lowest BCUT2D eigenvalue weighted by Gasteiger charge is -2.56. The van der Waals surface area contributed by atoms with Gasteiger partial charge in [-0.3, -0.25) is 14.4 Å². The van der Waals surface area contributed by atoms with E-state index in [0.29, 0.717) is 34.4 Å². The van der Waals surface area contributed by atoms with Crippen LogP contribution in [0.5, 0.6) is 0 Å². The number of rotatable bonds is 4. The number of carbonyl (C=O) groups excluding carboxylic acids is 3. The first-order valence-corrected chi connectivity index (χ1v) is 13.3. The number of aromatic amines is 1. The summed E-state index contributed by atoms with van der Waals surface area (Å²) >= 11 is 12.3. The highest BCUT2D eigenvalue weighted by molar-refractivity contribution is 6.36. The van der Waals surface area contributed by atoms with Crippen molar-refractivity contribution in [3.05, 3.63) is 69.8 Å². The van der Waals surface area contributed by atoms with E-state index >= 15 is 0 Å². The second-order valence-corrected chi connectivity index (χ2v) is 11.8. The zero-order valence-electron chi connectivity index (χ0n) is 21.1. The number of aromatic nitrogens is 1. The van der Waals surface area contributed by atoms with Gasteiger partial charge in [0.1, 0.15) is 11.7 Å². The molecular formula is C28H30Cl2N4O3. The second-order valence-electron chi connectivity index (χ2n) is 10.9. The number of halogens is 2. The molecule has 0 radical (unpaired) electrons. The Morgan fingerprint density at radius 2 is 1.78 bits per heavy atom. The molecule has 2 aliphatic heterocycles. The van der Waals surface area contributed by atoms with Crippen LogP contribution < -0.4 is 5.32 Å². The number of fused-ring (bicyclic) bond motifs is 2. The number of amides is 3. The van der Waals surface area contributed by atoms with E-state index in [2.05, 4.69) is 10.3 Å². The molecule has 2 unspecified atom stereocenters. The number of para-hydroxylation sites is 1. The first-order chi connectivity index (χ1) is 17.5. The van der Waals surface area contributed by atoms with Gasteiger partial charge in [-0.2, -0.15) is 0 Å². The van der Waals surface area contributed by atoms with Crippen molar-refractivity contribution in [2.75, 3.05) is 13.1 Å². The van der Waals surface area contributed by atoms with Crippen molar-refractivity contribution >= 4 is 51.8 Å². The minimum absolute atomic E-state index is 0.0815. The van der Waals surface area contributed by atoms with E-state index in [9.17, 15) is 14.4 Å². The minimum Gasteiger partial charge on any atom is -0.351 e. The van der Waals surface area contributed by atoms with Crippen LogP contribution in [-0.4, -0.2) is 63.7 Å². The Hall–Kier alpha value is -3.03. The average molecular weight is 541 g/mol. The molecule has 2 fully saturated rings. The summed E-state index contributed by atoms with van der Waals surface area (Å²) in [6.07, 6.45) is 1.59. The average Bonchev–Trinajstić information content (AvgIpc) is 3.26. The van der Waals surface area contributed by atoms with Gasteiger partial charge in [-0.25, -0.2) is 0 Å². The summed E-state index contributed by atoms with van der Waals surface area (Å²) < 4.78 is 0. The van der Waals surface area contributed by atoms with Gasteiger partial charge in [-0.1, -0.05) is 62.2 Å². The molecule has 0 aliphatic carbocycles. The van der Waals surface area contributed by atoms with Crippen LogP contribution in [0.3, 0.4) is 0 Å². The lowest BCUT2D eigenvalue weighted by atomic mass is 9.81. The van der Waals surface area contributed by atoms with Gasteiger partial charge in [0, 0.05) is 29.0 Å². The van der Waals surface area contributed by atoms with Crippen LogP contribution in [0.1, 0.15) is 54.5 Å². The van der Waals surface area contributed by atoms with E-state index < -0.39 is 11.5 Å². The van der Waals surface area contributed by atoms with Crippen LogP contribution in [0.25, 0.3) is 10.9 Å². The SMILES string of the molecule is CC(C)(C)C(NC(=O)c1cc2ccccc2[nH]1)C(=O)N1C[C@@H]2C1CCCN2C(=O)c1ccc(Cl)cc1Cl. The molecule has 0 saturated carbocycles. The standard InChI is InChI=1S/C28H30Cl2N4O3/c1-28(2,3)24(32-25(35)21-13-16-7-4-5-8-20(16)31-21)27(37)34-15-23-22(34)9-6-12-33(23)26(36)18-11-10-17(29)14-19(18)30/h4-5,7-8,10-11,13-14,22-24,31H,6,9,12,15H2,1-3H3,(H,32,35)/t22?,23-,24?/m1/s1. The maximum Gasteiger partial charge on any atom is 0.268 e. The lowest BCUT2D eigenvalue weighted by Crippen LogP contribution is -2.73. The van der Waals surface area contributed by atoms with E-state index in [0.717, 1.165) is 23.7 Å². The maximum atomic E-state index is 13.8. The van der Waals surface area contributed by atoms with E-state index in [4.69, 9.17) is 23.2 Å². The first-order valence-electron chi connectivity index (χ1n) is 12.5. The molecule has 1 aromatic heterocycles. The minimum atomic E-state index is -0.718. The summed E-state index contributed by atoms with van der Waals surface area (Å²) in [6.45, 7) is 6.86.